The number of aliphatic carboxylic acids is 1. The van der Waals surface area contributed by atoms with E-state index in [1.165, 1.54) is 0 Å². The van der Waals surface area contributed by atoms with E-state index >= 15 is 0 Å². The number of benzene rings is 1. The Balaban J connectivity index is 2.25. The predicted molar refractivity (Wildman–Crippen MR) is 68.7 cm³/mol. The Morgan fingerprint density at radius 2 is 1.94 bits per heavy atom. The van der Waals surface area contributed by atoms with Gasteiger partial charge in [-0.25, -0.2) is 4.79 Å². The van der Waals surface area contributed by atoms with Gasteiger partial charge in [-0.15, -0.1) is 0 Å². The molecule has 1 N–H and O–H groups in total. The fourth-order valence-electron chi connectivity index (χ4n) is 2.31. The van der Waals surface area contributed by atoms with E-state index in [0.29, 0.717) is 5.02 Å². The van der Waals surface area contributed by atoms with Crippen LogP contribution in [-0.2, 0) is 4.79 Å². The number of hydrogen-bond donors (Lipinski definition) is 1. The lowest BCUT2D eigenvalue weighted by Crippen LogP contribution is -2.40. The average molecular weight is 254 g/mol. The number of hydrogen-bond acceptors (Lipinski definition) is 2. The molecule has 1 heterocycles. The zero-order valence-electron chi connectivity index (χ0n) is 9.60. The summed E-state index contributed by atoms with van der Waals surface area (Å²) in [5.74, 6) is -0.734. The zero-order valence-corrected chi connectivity index (χ0v) is 10.4. The molecule has 0 saturated carbocycles. The lowest BCUT2D eigenvalue weighted by atomic mass is 10.1. The summed E-state index contributed by atoms with van der Waals surface area (Å²) in [6, 6.07) is 6.99. The Kier molecular flexibility index (Phi) is 3.89. The molecule has 17 heavy (non-hydrogen) atoms. The third-order valence-electron chi connectivity index (χ3n) is 3.20. The third-order valence-corrected chi connectivity index (χ3v) is 3.45. The first-order chi connectivity index (χ1) is 8.18. The highest BCUT2D eigenvalue weighted by Crippen LogP contribution is 2.25. The minimum absolute atomic E-state index is 0.404. The van der Waals surface area contributed by atoms with Gasteiger partial charge in [-0.1, -0.05) is 24.4 Å². The maximum atomic E-state index is 11.3. The van der Waals surface area contributed by atoms with Crippen molar-refractivity contribution in [2.45, 2.75) is 31.7 Å². The zero-order chi connectivity index (χ0) is 12.3. The van der Waals surface area contributed by atoms with Crippen molar-refractivity contribution in [3.8, 4) is 0 Å². The smallest absolute Gasteiger partial charge is 0.326 e. The molecule has 4 heteroatoms. The molecule has 1 unspecified atom stereocenters. The average Bonchev–Trinajstić information content (AvgIpc) is 2.55. The summed E-state index contributed by atoms with van der Waals surface area (Å²) < 4.78 is 0. The Morgan fingerprint density at radius 3 is 2.59 bits per heavy atom. The SMILES string of the molecule is O=C(O)C1CCCCCN1c1ccc(Cl)cc1. The van der Waals surface area contributed by atoms with E-state index in [1.54, 1.807) is 12.1 Å². The van der Waals surface area contributed by atoms with E-state index in [0.717, 1.165) is 37.9 Å². The van der Waals surface area contributed by atoms with Crippen LogP contribution < -0.4 is 4.90 Å². The van der Waals surface area contributed by atoms with Crippen LogP contribution in [0.2, 0.25) is 5.02 Å². The molecule has 0 amide bonds. The molecule has 1 aromatic carbocycles. The molecule has 0 radical (unpaired) electrons. The minimum Gasteiger partial charge on any atom is -0.480 e. The molecular weight excluding hydrogens is 238 g/mol. The van der Waals surface area contributed by atoms with Gasteiger partial charge in [-0.05, 0) is 37.1 Å². The van der Waals surface area contributed by atoms with E-state index < -0.39 is 12.0 Å². The van der Waals surface area contributed by atoms with Crippen LogP contribution in [0.5, 0.6) is 0 Å². The standard InChI is InChI=1S/C13H16ClNO2/c14-10-5-7-11(8-6-10)15-9-3-1-2-4-12(15)13(16)17/h5-8,12H,1-4,9H2,(H,16,17). The van der Waals surface area contributed by atoms with Crippen LogP contribution in [0.25, 0.3) is 0 Å². The second-order valence-corrected chi connectivity index (χ2v) is 4.81. The Labute approximate surface area is 106 Å². The van der Waals surface area contributed by atoms with Crippen molar-refractivity contribution in [3.63, 3.8) is 0 Å². The number of carboxylic acid groups (broad SMARTS) is 1. The van der Waals surface area contributed by atoms with E-state index in [4.69, 9.17) is 11.6 Å². The van der Waals surface area contributed by atoms with Crippen molar-refractivity contribution in [2.24, 2.45) is 0 Å². The number of rotatable bonds is 2. The fraction of sp³-hybridized carbons (Fsp3) is 0.462. The van der Waals surface area contributed by atoms with Crippen LogP contribution in [-0.4, -0.2) is 23.7 Å². The topological polar surface area (TPSA) is 40.5 Å². The highest BCUT2D eigenvalue weighted by molar-refractivity contribution is 6.30. The number of carboxylic acids is 1. The fourth-order valence-corrected chi connectivity index (χ4v) is 2.43. The molecule has 0 aliphatic carbocycles. The van der Waals surface area contributed by atoms with Crippen molar-refractivity contribution >= 4 is 23.3 Å². The van der Waals surface area contributed by atoms with Gasteiger partial charge in [-0.3, -0.25) is 0 Å². The quantitative estimate of drug-likeness (QED) is 0.880. The molecule has 2 rings (SSSR count). The van der Waals surface area contributed by atoms with Crippen LogP contribution in [0.1, 0.15) is 25.7 Å². The molecule has 1 aliphatic rings. The van der Waals surface area contributed by atoms with Gasteiger partial charge in [0.15, 0.2) is 0 Å². The van der Waals surface area contributed by atoms with Gasteiger partial charge in [0.2, 0.25) is 0 Å². The Hall–Kier alpha value is -1.22. The summed E-state index contributed by atoms with van der Waals surface area (Å²) in [6.45, 7) is 0.804. The molecule has 3 nitrogen and oxygen atoms in total. The van der Waals surface area contributed by atoms with Crippen LogP contribution in [0.3, 0.4) is 0 Å². The van der Waals surface area contributed by atoms with Crippen molar-refractivity contribution in [1.29, 1.82) is 0 Å². The van der Waals surface area contributed by atoms with Gasteiger partial charge in [0.1, 0.15) is 6.04 Å². The molecule has 0 spiro atoms. The van der Waals surface area contributed by atoms with E-state index in [-0.39, 0.29) is 0 Å². The maximum absolute atomic E-state index is 11.3. The van der Waals surface area contributed by atoms with Crippen molar-refractivity contribution < 1.29 is 9.90 Å². The van der Waals surface area contributed by atoms with Crippen LogP contribution in [0.4, 0.5) is 5.69 Å². The molecule has 0 bridgehead atoms. The number of carbonyl (C=O) groups is 1. The maximum Gasteiger partial charge on any atom is 0.326 e. The van der Waals surface area contributed by atoms with Gasteiger partial charge >= 0.3 is 5.97 Å². The van der Waals surface area contributed by atoms with E-state index in [9.17, 15) is 9.90 Å². The number of halogens is 1. The summed E-state index contributed by atoms with van der Waals surface area (Å²) in [6.07, 6.45) is 3.86. The third kappa shape index (κ3) is 2.91. The lowest BCUT2D eigenvalue weighted by Gasteiger charge is -2.29. The van der Waals surface area contributed by atoms with Gasteiger partial charge in [0.05, 0.1) is 0 Å². The van der Waals surface area contributed by atoms with Gasteiger partial charge in [0, 0.05) is 17.3 Å². The van der Waals surface area contributed by atoms with Gasteiger partial charge in [-0.2, -0.15) is 0 Å². The monoisotopic (exact) mass is 253 g/mol. The van der Waals surface area contributed by atoms with Crippen molar-refractivity contribution in [3.05, 3.63) is 29.3 Å². The first-order valence-corrected chi connectivity index (χ1v) is 6.31. The Bertz CT molecular complexity index is 391. The van der Waals surface area contributed by atoms with Crippen LogP contribution in [0.15, 0.2) is 24.3 Å². The first-order valence-electron chi connectivity index (χ1n) is 5.93. The second-order valence-electron chi connectivity index (χ2n) is 4.37. The summed E-state index contributed by atoms with van der Waals surface area (Å²) in [4.78, 5) is 13.3. The summed E-state index contributed by atoms with van der Waals surface area (Å²) >= 11 is 5.85. The van der Waals surface area contributed by atoms with E-state index in [1.807, 2.05) is 17.0 Å². The molecule has 1 aromatic rings. The number of nitrogens with zero attached hydrogens (tertiary/aromatic N) is 1. The Morgan fingerprint density at radius 1 is 1.24 bits per heavy atom. The highest BCUT2D eigenvalue weighted by Gasteiger charge is 2.27. The largest absolute Gasteiger partial charge is 0.480 e. The molecule has 1 saturated heterocycles. The highest BCUT2D eigenvalue weighted by atomic mass is 35.5. The number of anilines is 1. The summed E-state index contributed by atoms with van der Waals surface area (Å²) in [7, 11) is 0. The summed E-state index contributed by atoms with van der Waals surface area (Å²) in [5.41, 5.74) is 0.948. The van der Waals surface area contributed by atoms with Crippen molar-refractivity contribution in [2.75, 3.05) is 11.4 Å². The molecule has 0 aromatic heterocycles. The first kappa shape index (κ1) is 12.2. The predicted octanol–water partition coefficient (Wildman–Crippen LogP) is 3.17. The molecular formula is C13H16ClNO2. The van der Waals surface area contributed by atoms with Crippen LogP contribution in [0, 0.1) is 0 Å². The molecule has 1 aliphatic heterocycles. The van der Waals surface area contributed by atoms with E-state index in [2.05, 4.69) is 0 Å². The minimum atomic E-state index is -0.734. The molecule has 92 valence electrons. The van der Waals surface area contributed by atoms with Crippen LogP contribution >= 0.6 is 11.6 Å². The van der Waals surface area contributed by atoms with Gasteiger partial charge in [0.25, 0.3) is 0 Å². The summed E-state index contributed by atoms with van der Waals surface area (Å²) in [5, 5.41) is 9.96. The molecule has 1 fully saturated rings. The lowest BCUT2D eigenvalue weighted by molar-refractivity contribution is -0.138. The molecule has 1 atom stereocenters. The van der Waals surface area contributed by atoms with Crippen molar-refractivity contribution in [1.82, 2.24) is 0 Å². The second kappa shape index (κ2) is 5.41. The normalized spacial score (nSPS) is 21.0. The van der Waals surface area contributed by atoms with Gasteiger partial charge < -0.3 is 10.0 Å².